The Bertz CT molecular complexity index is 681. The van der Waals surface area contributed by atoms with E-state index in [0.29, 0.717) is 13.2 Å². The summed E-state index contributed by atoms with van der Waals surface area (Å²) >= 11 is 0. The predicted octanol–water partition coefficient (Wildman–Crippen LogP) is 3.35. The second kappa shape index (κ2) is 9.25. The van der Waals surface area contributed by atoms with Gasteiger partial charge in [-0.05, 0) is 42.8 Å². The molecule has 0 aliphatic heterocycles. The number of methoxy groups -OCH3 is 1. The number of urea groups is 1. The zero-order chi connectivity index (χ0) is 17.2. The quantitative estimate of drug-likeness (QED) is 0.767. The number of nitrogens with one attached hydrogen (secondary N) is 2. The summed E-state index contributed by atoms with van der Waals surface area (Å²) in [5, 5.41) is 5.38. The molecular weight excluding hydrogens is 304 g/mol. The average Bonchev–Trinajstić information content (AvgIpc) is 2.59. The summed E-state index contributed by atoms with van der Waals surface area (Å²) in [6, 6.07) is 15.1. The van der Waals surface area contributed by atoms with Crippen LogP contribution in [0.5, 0.6) is 11.5 Å². The van der Waals surface area contributed by atoms with Gasteiger partial charge in [-0.15, -0.1) is 0 Å². The smallest absolute Gasteiger partial charge is 0.318 e. The van der Waals surface area contributed by atoms with Crippen LogP contribution in [0.4, 0.5) is 4.79 Å². The molecular formula is C19H22N2O3. The summed E-state index contributed by atoms with van der Waals surface area (Å²) in [4.78, 5) is 11.6. The first-order chi connectivity index (χ1) is 11.7. The van der Waals surface area contributed by atoms with Crippen LogP contribution >= 0.6 is 0 Å². The molecule has 2 amide bonds. The first kappa shape index (κ1) is 17.4. The number of benzene rings is 2. The minimum Gasteiger partial charge on any atom is -0.497 e. The molecule has 0 saturated carbocycles. The first-order valence-corrected chi connectivity index (χ1v) is 7.72. The minimum absolute atomic E-state index is 0.266. The van der Waals surface area contributed by atoms with Gasteiger partial charge < -0.3 is 20.1 Å². The van der Waals surface area contributed by atoms with Crippen molar-refractivity contribution in [1.29, 1.82) is 0 Å². The number of hydrogen-bond donors (Lipinski definition) is 2. The van der Waals surface area contributed by atoms with Crippen molar-refractivity contribution >= 4 is 12.1 Å². The average molecular weight is 326 g/mol. The Morgan fingerprint density at radius 1 is 1.12 bits per heavy atom. The Balaban J connectivity index is 1.64. The normalized spacial score (nSPS) is 10.4. The van der Waals surface area contributed by atoms with Gasteiger partial charge in [-0.3, -0.25) is 0 Å². The van der Waals surface area contributed by atoms with Crippen LogP contribution < -0.4 is 20.1 Å². The minimum atomic E-state index is -0.266. The van der Waals surface area contributed by atoms with Gasteiger partial charge in [-0.2, -0.15) is 0 Å². The van der Waals surface area contributed by atoms with Gasteiger partial charge >= 0.3 is 6.03 Å². The van der Waals surface area contributed by atoms with Crippen molar-refractivity contribution in [2.75, 3.05) is 20.3 Å². The lowest BCUT2D eigenvalue weighted by atomic mass is 10.1. The van der Waals surface area contributed by atoms with E-state index in [2.05, 4.69) is 10.6 Å². The molecule has 0 bridgehead atoms. The fraction of sp³-hybridized carbons (Fsp3) is 0.211. The number of carbonyl (C=O) groups is 1. The molecule has 0 saturated heterocycles. The number of amides is 2. The summed E-state index contributed by atoms with van der Waals surface area (Å²) in [5.74, 6) is 1.51. The lowest BCUT2D eigenvalue weighted by molar-refractivity contribution is 0.239. The molecule has 0 atom stereocenters. The molecule has 2 aromatic carbocycles. The summed E-state index contributed by atoms with van der Waals surface area (Å²) in [7, 11) is 1.62. The van der Waals surface area contributed by atoms with Gasteiger partial charge in [0.15, 0.2) is 0 Å². The van der Waals surface area contributed by atoms with E-state index in [0.717, 1.165) is 17.1 Å². The molecule has 0 fully saturated rings. The molecule has 126 valence electrons. The Labute approximate surface area is 142 Å². The first-order valence-electron chi connectivity index (χ1n) is 7.72. The topological polar surface area (TPSA) is 59.6 Å². The molecule has 0 aliphatic rings. The van der Waals surface area contributed by atoms with Crippen LogP contribution in [-0.2, 0) is 0 Å². The van der Waals surface area contributed by atoms with Crippen molar-refractivity contribution in [2.24, 2.45) is 0 Å². The molecule has 2 N–H and O–H groups in total. The van der Waals surface area contributed by atoms with Gasteiger partial charge in [0.05, 0.1) is 13.7 Å². The Morgan fingerprint density at radius 2 is 1.88 bits per heavy atom. The van der Waals surface area contributed by atoms with E-state index in [4.69, 9.17) is 9.47 Å². The molecule has 0 spiro atoms. The highest BCUT2D eigenvalue weighted by Gasteiger charge is 1.98. The monoisotopic (exact) mass is 326 g/mol. The van der Waals surface area contributed by atoms with Gasteiger partial charge in [0, 0.05) is 6.20 Å². The Hall–Kier alpha value is -2.95. The van der Waals surface area contributed by atoms with Crippen LogP contribution in [0.25, 0.3) is 6.08 Å². The number of aryl methyl sites for hydroxylation is 1. The van der Waals surface area contributed by atoms with Crippen LogP contribution in [-0.4, -0.2) is 26.3 Å². The van der Waals surface area contributed by atoms with Crippen molar-refractivity contribution in [3.05, 3.63) is 65.9 Å². The van der Waals surface area contributed by atoms with Crippen molar-refractivity contribution in [2.45, 2.75) is 6.92 Å². The SMILES string of the molecule is COc1ccc(OCCNC(=O)N/C=C/c2cccc(C)c2)cc1. The molecule has 0 heterocycles. The molecule has 0 aromatic heterocycles. The maximum Gasteiger partial charge on any atom is 0.318 e. The van der Waals surface area contributed by atoms with E-state index >= 15 is 0 Å². The van der Waals surface area contributed by atoms with E-state index in [1.54, 1.807) is 13.3 Å². The van der Waals surface area contributed by atoms with Crippen LogP contribution in [0.15, 0.2) is 54.7 Å². The second-order valence-electron chi connectivity index (χ2n) is 5.17. The maximum atomic E-state index is 11.6. The van der Waals surface area contributed by atoms with E-state index in [9.17, 15) is 4.79 Å². The molecule has 0 unspecified atom stereocenters. The standard InChI is InChI=1S/C19H22N2O3/c1-15-4-3-5-16(14-15)10-11-20-19(22)21-12-13-24-18-8-6-17(23-2)7-9-18/h3-11,14H,12-13H2,1-2H3,(H2,20,21,22)/b11-10+. The zero-order valence-electron chi connectivity index (χ0n) is 13.9. The highest BCUT2D eigenvalue weighted by atomic mass is 16.5. The third-order valence-corrected chi connectivity index (χ3v) is 3.25. The van der Waals surface area contributed by atoms with Gasteiger partial charge in [-0.1, -0.05) is 29.8 Å². The molecule has 2 aromatic rings. The summed E-state index contributed by atoms with van der Waals surface area (Å²) < 4.78 is 10.6. The highest BCUT2D eigenvalue weighted by molar-refractivity contribution is 5.75. The summed E-state index contributed by atoms with van der Waals surface area (Å²) in [6.07, 6.45) is 3.47. The van der Waals surface area contributed by atoms with Crippen LogP contribution in [0, 0.1) is 6.92 Å². The van der Waals surface area contributed by atoms with Gasteiger partial charge in [0.25, 0.3) is 0 Å². The predicted molar refractivity (Wildman–Crippen MR) is 95.2 cm³/mol. The lowest BCUT2D eigenvalue weighted by Gasteiger charge is -2.08. The summed E-state index contributed by atoms with van der Waals surface area (Å²) in [6.45, 7) is 2.83. The maximum absolute atomic E-state index is 11.6. The zero-order valence-corrected chi connectivity index (χ0v) is 13.9. The van der Waals surface area contributed by atoms with Crippen LogP contribution in [0.1, 0.15) is 11.1 Å². The Morgan fingerprint density at radius 3 is 2.58 bits per heavy atom. The van der Waals surface area contributed by atoms with Crippen molar-refractivity contribution in [3.8, 4) is 11.5 Å². The van der Waals surface area contributed by atoms with Crippen molar-refractivity contribution < 1.29 is 14.3 Å². The van der Waals surface area contributed by atoms with Gasteiger partial charge in [0.2, 0.25) is 0 Å². The summed E-state index contributed by atoms with van der Waals surface area (Å²) in [5.41, 5.74) is 2.22. The van der Waals surface area contributed by atoms with Crippen molar-refractivity contribution in [1.82, 2.24) is 10.6 Å². The number of carbonyl (C=O) groups excluding carboxylic acids is 1. The van der Waals surface area contributed by atoms with Crippen LogP contribution in [0.2, 0.25) is 0 Å². The second-order valence-corrected chi connectivity index (χ2v) is 5.17. The van der Waals surface area contributed by atoms with E-state index in [-0.39, 0.29) is 6.03 Å². The number of rotatable bonds is 7. The van der Waals surface area contributed by atoms with Crippen molar-refractivity contribution in [3.63, 3.8) is 0 Å². The molecule has 0 radical (unpaired) electrons. The fourth-order valence-electron chi connectivity index (χ4n) is 2.04. The molecule has 5 heteroatoms. The van der Waals surface area contributed by atoms with Gasteiger partial charge in [0.1, 0.15) is 18.1 Å². The van der Waals surface area contributed by atoms with Gasteiger partial charge in [-0.25, -0.2) is 4.79 Å². The number of hydrogen-bond acceptors (Lipinski definition) is 3. The number of ether oxygens (including phenoxy) is 2. The Kier molecular flexibility index (Phi) is 6.71. The molecule has 0 aliphatic carbocycles. The van der Waals surface area contributed by atoms with E-state index in [1.165, 1.54) is 5.56 Å². The van der Waals surface area contributed by atoms with E-state index in [1.807, 2.05) is 61.5 Å². The molecule has 2 rings (SSSR count). The van der Waals surface area contributed by atoms with Crippen LogP contribution in [0.3, 0.4) is 0 Å². The molecule has 5 nitrogen and oxygen atoms in total. The highest BCUT2D eigenvalue weighted by Crippen LogP contribution is 2.16. The molecule has 24 heavy (non-hydrogen) atoms. The lowest BCUT2D eigenvalue weighted by Crippen LogP contribution is -2.34. The third-order valence-electron chi connectivity index (χ3n) is 3.25. The van der Waals surface area contributed by atoms with E-state index < -0.39 is 0 Å². The fourth-order valence-corrected chi connectivity index (χ4v) is 2.04. The third kappa shape index (κ3) is 6.04. The largest absolute Gasteiger partial charge is 0.497 e.